The fourth-order valence-corrected chi connectivity index (χ4v) is 3.76. The molecule has 0 bridgehead atoms. The lowest BCUT2D eigenvalue weighted by Gasteiger charge is -2.34. The molecule has 1 unspecified atom stereocenters. The molecule has 1 saturated heterocycles. The molecular formula is C22H30N2O. The zero-order valence-electron chi connectivity index (χ0n) is 15.4. The molecule has 2 aromatic carbocycles. The van der Waals surface area contributed by atoms with Crippen molar-refractivity contribution in [3.05, 3.63) is 65.7 Å². The number of nitrogens with one attached hydrogen (secondary N) is 1. The molecule has 25 heavy (non-hydrogen) atoms. The third-order valence-electron chi connectivity index (χ3n) is 5.08. The van der Waals surface area contributed by atoms with Crippen LogP contribution in [0.1, 0.15) is 30.9 Å². The van der Waals surface area contributed by atoms with Gasteiger partial charge in [-0.1, -0.05) is 48.5 Å². The molecule has 3 heteroatoms. The molecule has 0 amide bonds. The van der Waals surface area contributed by atoms with E-state index in [1.165, 1.54) is 37.1 Å². The molecule has 1 N–H and O–H groups in total. The van der Waals surface area contributed by atoms with Gasteiger partial charge < -0.3 is 10.1 Å². The zero-order chi connectivity index (χ0) is 17.5. The van der Waals surface area contributed by atoms with Gasteiger partial charge in [-0.2, -0.15) is 0 Å². The Hall–Kier alpha value is -1.84. The Balaban J connectivity index is 1.44. The highest BCUT2D eigenvalue weighted by Crippen LogP contribution is 2.20. The first-order valence-corrected chi connectivity index (χ1v) is 9.39. The lowest BCUT2D eigenvalue weighted by Crippen LogP contribution is -2.45. The summed E-state index contributed by atoms with van der Waals surface area (Å²) >= 11 is 0. The molecule has 1 heterocycles. The summed E-state index contributed by atoms with van der Waals surface area (Å²) in [5.41, 5.74) is 2.70. The van der Waals surface area contributed by atoms with E-state index < -0.39 is 0 Å². The molecule has 3 rings (SSSR count). The Morgan fingerprint density at radius 3 is 2.44 bits per heavy atom. The largest absolute Gasteiger partial charge is 0.496 e. The van der Waals surface area contributed by atoms with Crippen molar-refractivity contribution >= 4 is 0 Å². The molecule has 1 atom stereocenters. The van der Waals surface area contributed by atoms with Gasteiger partial charge in [-0.05, 0) is 56.5 Å². The summed E-state index contributed by atoms with van der Waals surface area (Å²) in [6.45, 7) is 5.70. The standard InChI is InChI=1S/C22H30N2O/c1-18(16-20-10-6-7-11-22(20)25-2)23-21-12-14-24(15-13-21)17-19-8-4-3-5-9-19/h3-11,18,21,23H,12-17H2,1-2H3. The van der Waals surface area contributed by atoms with Gasteiger partial charge >= 0.3 is 0 Å². The van der Waals surface area contributed by atoms with Gasteiger partial charge in [-0.3, -0.25) is 4.90 Å². The maximum atomic E-state index is 5.47. The van der Waals surface area contributed by atoms with Crippen molar-refractivity contribution < 1.29 is 4.74 Å². The van der Waals surface area contributed by atoms with Gasteiger partial charge in [0, 0.05) is 18.6 Å². The molecule has 0 radical (unpaired) electrons. The summed E-state index contributed by atoms with van der Waals surface area (Å²) in [6, 6.07) is 20.2. The number of piperidine rings is 1. The maximum absolute atomic E-state index is 5.47. The smallest absolute Gasteiger partial charge is 0.122 e. The van der Waals surface area contributed by atoms with Crippen molar-refractivity contribution in [1.29, 1.82) is 0 Å². The summed E-state index contributed by atoms with van der Waals surface area (Å²) in [4.78, 5) is 2.57. The van der Waals surface area contributed by atoms with Crippen LogP contribution in [0.4, 0.5) is 0 Å². The summed E-state index contributed by atoms with van der Waals surface area (Å²) < 4.78 is 5.47. The van der Waals surface area contributed by atoms with E-state index in [0.717, 1.165) is 18.7 Å². The number of hydrogen-bond donors (Lipinski definition) is 1. The van der Waals surface area contributed by atoms with Gasteiger partial charge in [0.15, 0.2) is 0 Å². The molecule has 0 aliphatic carbocycles. The number of methoxy groups -OCH3 is 1. The number of ether oxygens (including phenoxy) is 1. The lowest BCUT2D eigenvalue weighted by molar-refractivity contribution is 0.185. The molecule has 134 valence electrons. The topological polar surface area (TPSA) is 24.5 Å². The number of para-hydroxylation sites is 1. The molecule has 3 nitrogen and oxygen atoms in total. The summed E-state index contributed by atoms with van der Waals surface area (Å²) in [6.07, 6.45) is 3.46. The van der Waals surface area contributed by atoms with E-state index in [-0.39, 0.29) is 0 Å². The van der Waals surface area contributed by atoms with Gasteiger partial charge in [-0.15, -0.1) is 0 Å². The van der Waals surface area contributed by atoms with Crippen LogP contribution in [0, 0.1) is 0 Å². The first kappa shape index (κ1) is 18.0. The van der Waals surface area contributed by atoms with Crippen molar-refractivity contribution in [2.45, 2.75) is 44.8 Å². The summed E-state index contributed by atoms with van der Waals surface area (Å²) in [5, 5.41) is 3.82. The van der Waals surface area contributed by atoms with Gasteiger partial charge in [0.25, 0.3) is 0 Å². The molecular weight excluding hydrogens is 308 g/mol. The van der Waals surface area contributed by atoms with Crippen LogP contribution in [-0.4, -0.2) is 37.2 Å². The second-order valence-electron chi connectivity index (χ2n) is 7.12. The van der Waals surface area contributed by atoms with Crippen LogP contribution in [-0.2, 0) is 13.0 Å². The van der Waals surface area contributed by atoms with Crippen molar-refractivity contribution in [3.63, 3.8) is 0 Å². The van der Waals surface area contributed by atoms with Gasteiger partial charge in [0.2, 0.25) is 0 Å². The number of rotatable bonds is 7. The predicted octanol–water partition coefficient (Wildman–Crippen LogP) is 3.88. The molecule has 0 aromatic heterocycles. The average Bonchev–Trinajstić information content (AvgIpc) is 2.64. The number of benzene rings is 2. The van der Waals surface area contributed by atoms with Crippen molar-refractivity contribution in [2.24, 2.45) is 0 Å². The zero-order valence-corrected chi connectivity index (χ0v) is 15.4. The lowest BCUT2D eigenvalue weighted by atomic mass is 10.0. The molecule has 1 aliphatic heterocycles. The maximum Gasteiger partial charge on any atom is 0.122 e. The molecule has 0 saturated carbocycles. The second-order valence-corrected chi connectivity index (χ2v) is 7.12. The van der Waals surface area contributed by atoms with Crippen molar-refractivity contribution in [1.82, 2.24) is 10.2 Å². The van der Waals surface area contributed by atoms with E-state index in [9.17, 15) is 0 Å². The Morgan fingerprint density at radius 2 is 1.72 bits per heavy atom. The van der Waals surface area contributed by atoms with Crippen molar-refractivity contribution in [3.8, 4) is 5.75 Å². The molecule has 2 aromatic rings. The third-order valence-corrected chi connectivity index (χ3v) is 5.08. The van der Waals surface area contributed by atoms with Crippen LogP contribution in [0.2, 0.25) is 0 Å². The highest BCUT2D eigenvalue weighted by molar-refractivity contribution is 5.33. The minimum atomic E-state index is 0.460. The quantitative estimate of drug-likeness (QED) is 0.829. The van der Waals surface area contributed by atoms with E-state index in [0.29, 0.717) is 12.1 Å². The molecule has 0 spiro atoms. The van der Waals surface area contributed by atoms with Gasteiger partial charge in [0.1, 0.15) is 5.75 Å². The van der Waals surface area contributed by atoms with E-state index in [4.69, 9.17) is 4.74 Å². The van der Waals surface area contributed by atoms with E-state index in [1.54, 1.807) is 7.11 Å². The van der Waals surface area contributed by atoms with Crippen molar-refractivity contribution in [2.75, 3.05) is 20.2 Å². The minimum Gasteiger partial charge on any atom is -0.496 e. The van der Waals surface area contributed by atoms with Crippen LogP contribution in [0.25, 0.3) is 0 Å². The number of likely N-dealkylation sites (tertiary alicyclic amines) is 1. The second kappa shape index (κ2) is 9.02. The Kier molecular flexibility index (Phi) is 6.48. The highest BCUT2D eigenvalue weighted by Gasteiger charge is 2.20. The van der Waals surface area contributed by atoms with Crippen LogP contribution >= 0.6 is 0 Å². The minimum absolute atomic E-state index is 0.460. The number of nitrogens with zero attached hydrogens (tertiary/aromatic N) is 1. The first-order valence-electron chi connectivity index (χ1n) is 9.39. The average molecular weight is 338 g/mol. The Bertz CT molecular complexity index is 635. The SMILES string of the molecule is COc1ccccc1CC(C)NC1CCN(Cc2ccccc2)CC1. The number of hydrogen-bond acceptors (Lipinski definition) is 3. The normalized spacial score (nSPS) is 17.4. The Labute approximate surface area is 152 Å². The van der Waals surface area contributed by atoms with Gasteiger partial charge in [0.05, 0.1) is 7.11 Å². The van der Waals surface area contributed by atoms with Gasteiger partial charge in [-0.25, -0.2) is 0 Å². The van der Waals surface area contributed by atoms with E-state index in [1.807, 2.05) is 12.1 Å². The predicted molar refractivity (Wildman–Crippen MR) is 104 cm³/mol. The van der Waals surface area contributed by atoms with Crippen LogP contribution in [0.5, 0.6) is 5.75 Å². The summed E-state index contributed by atoms with van der Waals surface area (Å²) in [5.74, 6) is 0.994. The van der Waals surface area contributed by atoms with E-state index >= 15 is 0 Å². The van der Waals surface area contributed by atoms with Crippen LogP contribution < -0.4 is 10.1 Å². The fourth-order valence-electron chi connectivity index (χ4n) is 3.76. The first-order chi connectivity index (χ1) is 12.2. The molecule has 1 aliphatic rings. The monoisotopic (exact) mass is 338 g/mol. The fraction of sp³-hybridized carbons (Fsp3) is 0.455. The van der Waals surface area contributed by atoms with Crippen LogP contribution in [0.15, 0.2) is 54.6 Å². The van der Waals surface area contributed by atoms with E-state index in [2.05, 4.69) is 59.6 Å². The summed E-state index contributed by atoms with van der Waals surface area (Å²) in [7, 11) is 1.75. The Morgan fingerprint density at radius 1 is 1.04 bits per heavy atom. The molecule has 1 fully saturated rings. The highest BCUT2D eigenvalue weighted by atomic mass is 16.5. The van der Waals surface area contributed by atoms with Crippen LogP contribution in [0.3, 0.4) is 0 Å². The third kappa shape index (κ3) is 5.32.